The lowest BCUT2D eigenvalue weighted by Gasteiger charge is -2.12. The molecule has 3 aromatic rings. The predicted octanol–water partition coefficient (Wildman–Crippen LogP) is 2.63. The second kappa shape index (κ2) is 7.04. The summed E-state index contributed by atoms with van der Waals surface area (Å²) in [7, 11) is 0. The van der Waals surface area contributed by atoms with Gasteiger partial charge < -0.3 is 10.6 Å². The molecule has 0 radical (unpaired) electrons. The van der Waals surface area contributed by atoms with Crippen molar-refractivity contribution in [1.29, 1.82) is 0 Å². The maximum absolute atomic E-state index is 11.9. The van der Waals surface area contributed by atoms with E-state index in [9.17, 15) is 4.79 Å². The third kappa shape index (κ3) is 3.65. The molecule has 2 heterocycles. The zero-order chi connectivity index (χ0) is 16.9. The minimum absolute atomic E-state index is 0.0735. The Morgan fingerprint density at radius 1 is 1.12 bits per heavy atom. The fourth-order valence-electron chi connectivity index (χ4n) is 2.37. The van der Waals surface area contributed by atoms with Gasteiger partial charge in [-0.25, -0.2) is 9.97 Å². The van der Waals surface area contributed by atoms with E-state index < -0.39 is 0 Å². The number of hydrogen-bond donors (Lipinski definition) is 2. The minimum Gasteiger partial charge on any atom is -0.360 e. The Bertz CT molecular complexity index is 848. The summed E-state index contributed by atoms with van der Waals surface area (Å²) in [6.07, 6.45) is 3.43. The molecule has 122 valence electrons. The maximum Gasteiger partial charge on any atom is 0.239 e. The molecule has 6 heteroatoms. The molecule has 0 unspecified atom stereocenters. The van der Waals surface area contributed by atoms with Gasteiger partial charge in [-0.05, 0) is 38.1 Å². The molecular formula is C18H19N5O. The van der Waals surface area contributed by atoms with Crippen LogP contribution in [0.3, 0.4) is 0 Å². The monoisotopic (exact) mass is 321 g/mol. The number of aromatic nitrogens is 3. The molecule has 0 saturated heterocycles. The topological polar surface area (TPSA) is 79.8 Å². The van der Waals surface area contributed by atoms with Crippen molar-refractivity contribution >= 4 is 22.6 Å². The van der Waals surface area contributed by atoms with Crippen LogP contribution >= 0.6 is 0 Å². The van der Waals surface area contributed by atoms with E-state index in [4.69, 9.17) is 0 Å². The van der Waals surface area contributed by atoms with Gasteiger partial charge in [0.05, 0.1) is 12.1 Å². The molecule has 0 aliphatic heterocycles. The highest BCUT2D eigenvalue weighted by molar-refractivity contribution is 5.92. The van der Waals surface area contributed by atoms with Crippen LogP contribution in [-0.4, -0.2) is 33.4 Å². The van der Waals surface area contributed by atoms with E-state index >= 15 is 0 Å². The smallest absolute Gasteiger partial charge is 0.239 e. The van der Waals surface area contributed by atoms with Crippen LogP contribution in [0.1, 0.15) is 13.8 Å². The van der Waals surface area contributed by atoms with Gasteiger partial charge in [0.1, 0.15) is 5.82 Å². The van der Waals surface area contributed by atoms with Crippen molar-refractivity contribution < 1.29 is 4.79 Å². The van der Waals surface area contributed by atoms with Crippen molar-refractivity contribution in [1.82, 2.24) is 20.3 Å². The molecule has 6 nitrogen and oxygen atoms in total. The van der Waals surface area contributed by atoms with Gasteiger partial charge in [0.15, 0.2) is 5.82 Å². The van der Waals surface area contributed by atoms with E-state index in [1.807, 2.05) is 50.2 Å². The van der Waals surface area contributed by atoms with Gasteiger partial charge in [-0.15, -0.1) is 0 Å². The van der Waals surface area contributed by atoms with Crippen LogP contribution in [0.5, 0.6) is 0 Å². The highest BCUT2D eigenvalue weighted by Crippen LogP contribution is 2.24. The molecule has 1 aromatic carbocycles. The number of nitrogens with zero attached hydrogens (tertiary/aromatic N) is 3. The number of benzene rings is 1. The van der Waals surface area contributed by atoms with E-state index in [1.54, 1.807) is 12.4 Å². The van der Waals surface area contributed by atoms with Crippen LogP contribution in [0.2, 0.25) is 0 Å². The number of amides is 1. The van der Waals surface area contributed by atoms with Gasteiger partial charge >= 0.3 is 0 Å². The number of pyridine rings is 1. The van der Waals surface area contributed by atoms with Crippen molar-refractivity contribution in [2.75, 3.05) is 11.9 Å². The van der Waals surface area contributed by atoms with E-state index in [1.165, 1.54) is 0 Å². The van der Waals surface area contributed by atoms with Gasteiger partial charge in [0.25, 0.3) is 0 Å². The number of anilines is 1. The van der Waals surface area contributed by atoms with E-state index in [0.29, 0.717) is 11.6 Å². The first-order valence-electron chi connectivity index (χ1n) is 7.84. The molecule has 3 rings (SSSR count). The summed E-state index contributed by atoms with van der Waals surface area (Å²) in [4.78, 5) is 25.2. The van der Waals surface area contributed by atoms with E-state index in [0.717, 1.165) is 16.5 Å². The highest BCUT2D eigenvalue weighted by atomic mass is 16.1. The number of nitrogens with one attached hydrogen (secondary N) is 2. The second-order valence-electron chi connectivity index (χ2n) is 5.73. The van der Waals surface area contributed by atoms with Gasteiger partial charge in [0.2, 0.25) is 5.91 Å². The zero-order valence-corrected chi connectivity index (χ0v) is 13.7. The molecule has 0 atom stereocenters. The first kappa shape index (κ1) is 15.9. The minimum atomic E-state index is -0.0735. The van der Waals surface area contributed by atoms with Gasteiger partial charge in [0, 0.05) is 29.4 Å². The third-order valence-electron chi connectivity index (χ3n) is 3.39. The number of carbonyl (C=O) groups excluding carboxylic acids is 1. The molecule has 2 N–H and O–H groups in total. The fraction of sp³-hybridized carbons (Fsp3) is 0.222. The molecule has 0 aliphatic carbocycles. The molecule has 0 aliphatic rings. The Hall–Kier alpha value is -3.02. The molecule has 2 aromatic heterocycles. The SMILES string of the molecule is CC(C)NC(=O)CNc1nc(-c2cccnc2)nc2ccccc12. The first-order chi connectivity index (χ1) is 11.6. The summed E-state index contributed by atoms with van der Waals surface area (Å²) in [5.74, 6) is 1.14. The summed E-state index contributed by atoms with van der Waals surface area (Å²) in [6, 6.07) is 11.6. The van der Waals surface area contributed by atoms with E-state index in [2.05, 4.69) is 25.6 Å². The first-order valence-corrected chi connectivity index (χ1v) is 7.84. The molecule has 0 fully saturated rings. The van der Waals surface area contributed by atoms with Crippen molar-refractivity contribution in [3.63, 3.8) is 0 Å². The van der Waals surface area contributed by atoms with Crippen molar-refractivity contribution in [2.45, 2.75) is 19.9 Å². The van der Waals surface area contributed by atoms with Crippen LogP contribution in [0, 0.1) is 0 Å². The summed E-state index contributed by atoms with van der Waals surface area (Å²) in [5.41, 5.74) is 1.65. The Kier molecular flexibility index (Phi) is 4.65. The van der Waals surface area contributed by atoms with Crippen molar-refractivity contribution in [2.24, 2.45) is 0 Å². The van der Waals surface area contributed by atoms with Crippen LogP contribution in [0.4, 0.5) is 5.82 Å². The summed E-state index contributed by atoms with van der Waals surface area (Å²) in [5, 5.41) is 6.85. The lowest BCUT2D eigenvalue weighted by atomic mass is 10.2. The summed E-state index contributed by atoms with van der Waals surface area (Å²) >= 11 is 0. The van der Waals surface area contributed by atoms with Gasteiger partial charge in [-0.1, -0.05) is 12.1 Å². The largest absolute Gasteiger partial charge is 0.360 e. The van der Waals surface area contributed by atoms with Crippen LogP contribution in [0.15, 0.2) is 48.8 Å². The van der Waals surface area contributed by atoms with Gasteiger partial charge in [-0.3, -0.25) is 9.78 Å². The molecule has 0 bridgehead atoms. The van der Waals surface area contributed by atoms with Gasteiger partial charge in [-0.2, -0.15) is 0 Å². The van der Waals surface area contributed by atoms with Crippen LogP contribution in [0.25, 0.3) is 22.3 Å². The Morgan fingerprint density at radius 3 is 2.71 bits per heavy atom. The fourth-order valence-corrected chi connectivity index (χ4v) is 2.37. The summed E-state index contributed by atoms with van der Waals surface area (Å²) in [6.45, 7) is 4.02. The number of rotatable bonds is 5. The predicted molar refractivity (Wildman–Crippen MR) is 94.5 cm³/mol. The lowest BCUT2D eigenvalue weighted by molar-refractivity contribution is -0.119. The quantitative estimate of drug-likeness (QED) is 0.755. The normalized spacial score (nSPS) is 10.8. The van der Waals surface area contributed by atoms with Crippen molar-refractivity contribution in [3.8, 4) is 11.4 Å². The summed E-state index contributed by atoms with van der Waals surface area (Å²) < 4.78 is 0. The number of carbonyl (C=O) groups is 1. The van der Waals surface area contributed by atoms with Crippen LogP contribution in [-0.2, 0) is 4.79 Å². The molecular weight excluding hydrogens is 302 g/mol. The lowest BCUT2D eigenvalue weighted by Crippen LogP contribution is -2.35. The maximum atomic E-state index is 11.9. The average Bonchev–Trinajstić information content (AvgIpc) is 2.59. The van der Waals surface area contributed by atoms with Crippen LogP contribution < -0.4 is 10.6 Å². The molecule has 0 saturated carbocycles. The third-order valence-corrected chi connectivity index (χ3v) is 3.39. The highest BCUT2D eigenvalue weighted by Gasteiger charge is 2.10. The Morgan fingerprint density at radius 2 is 1.96 bits per heavy atom. The number of hydrogen-bond acceptors (Lipinski definition) is 5. The average molecular weight is 321 g/mol. The zero-order valence-electron chi connectivity index (χ0n) is 13.7. The standard InChI is InChI=1S/C18H19N5O/c1-12(2)21-16(24)11-20-18-14-7-3-4-8-15(14)22-17(23-18)13-6-5-9-19-10-13/h3-10,12H,11H2,1-2H3,(H,21,24)(H,20,22,23). The number of para-hydroxylation sites is 1. The molecule has 24 heavy (non-hydrogen) atoms. The molecule has 0 spiro atoms. The number of fused-ring (bicyclic) bond motifs is 1. The Balaban J connectivity index is 1.95. The van der Waals surface area contributed by atoms with E-state index in [-0.39, 0.29) is 18.5 Å². The molecule has 1 amide bonds. The second-order valence-corrected chi connectivity index (χ2v) is 5.73. The Labute approximate surface area is 140 Å². The van der Waals surface area contributed by atoms with Crippen molar-refractivity contribution in [3.05, 3.63) is 48.8 Å².